The summed E-state index contributed by atoms with van der Waals surface area (Å²) in [5, 5.41) is 2.94. The first-order valence-corrected chi connectivity index (χ1v) is 8.72. The standard InChI is InChI=1S/C21H24N2O2/c1-14(2)16-8-10-18(11-9-16)22-21(25)17-12-20(24)23(13-17)19-7-5-4-6-15(19)3/h4-11,14,17H,12-13H2,1-3H3,(H,22,25). The van der Waals surface area contributed by atoms with Crippen molar-refractivity contribution in [1.82, 2.24) is 0 Å². The van der Waals surface area contributed by atoms with Crippen molar-refractivity contribution in [2.24, 2.45) is 5.92 Å². The van der Waals surface area contributed by atoms with Crippen molar-refractivity contribution in [3.63, 3.8) is 0 Å². The van der Waals surface area contributed by atoms with Crippen LogP contribution in [0.4, 0.5) is 11.4 Å². The zero-order chi connectivity index (χ0) is 18.0. The molecule has 1 saturated heterocycles. The van der Waals surface area contributed by atoms with E-state index in [1.54, 1.807) is 4.90 Å². The molecule has 0 aromatic heterocycles. The smallest absolute Gasteiger partial charge is 0.229 e. The van der Waals surface area contributed by atoms with Gasteiger partial charge in [-0.15, -0.1) is 0 Å². The molecule has 1 atom stereocenters. The molecule has 4 nitrogen and oxygen atoms in total. The van der Waals surface area contributed by atoms with Crippen molar-refractivity contribution in [3.05, 3.63) is 59.7 Å². The lowest BCUT2D eigenvalue weighted by Gasteiger charge is -2.19. The Morgan fingerprint density at radius 3 is 2.44 bits per heavy atom. The summed E-state index contributed by atoms with van der Waals surface area (Å²) in [6.45, 7) is 6.68. The Bertz CT molecular complexity index is 781. The Morgan fingerprint density at radius 2 is 1.80 bits per heavy atom. The van der Waals surface area contributed by atoms with Gasteiger partial charge in [0.05, 0.1) is 5.92 Å². The molecule has 4 heteroatoms. The number of para-hydroxylation sites is 1. The van der Waals surface area contributed by atoms with Crippen molar-refractivity contribution < 1.29 is 9.59 Å². The summed E-state index contributed by atoms with van der Waals surface area (Å²) < 4.78 is 0. The maximum absolute atomic E-state index is 12.6. The van der Waals surface area contributed by atoms with E-state index in [-0.39, 0.29) is 24.2 Å². The molecule has 0 bridgehead atoms. The Kier molecular flexibility index (Phi) is 4.88. The van der Waals surface area contributed by atoms with E-state index in [2.05, 4.69) is 19.2 Å². The lowest BCUT2D eigenvalue weighted by Crippen LogP contribution is -2.28. The van der Waals surface area contributed by atoms with Crippen LogP contribution in [0, 0.1) is 12.8 Å². The van der Waals surface area contributed by atoms with Gasteiger partial charge in [-0.25, -0.2) is 0 Å². The number of hydrogen-bond acceptors (Lipinski definition) is 2. The van der Waals surface area contributed by atoms with Crippen LogP contribution >= 0.6 is 0 Å². The highest BCUT2D eigenvalue weighted by Gasteiger charge is 2.35. The Hall–Kier alpha value is -2.62. The van der Waals surface area contributed by atoms with Crippen LogP contribution in [0.1, 0.15) is 37.3 Å². The first-order chi connectivity index (χ1) is 12.0. The fourth-order valence-corrected chi connectivity index (χ4v) is 3.18. The average molecular weight is 336 g/mol. The number of rotatable bonds is 4. The van der Waals surface area contributed by atoms with E-state index < -0.39 is 0 Å². The number of anilines is 2. The first-order valence-electron chi connectivity index (χ1n) is 8.72. The fraction of sp³-hybridized carbons (Fsp3) is 0.333. The van der Waals surface area contributed by atoms with Crippen LogP contribution in [0.25, 0.3) is 0 Å². The van der Waals surface area contributed by atoms with Gasteiger partial charge >= 0.3 is 0 Å². The van der Waals surface area contributed by atoms with Gasteiger partial charge in [0.1, 0.15) is 0 Å². The van der Waals surface area contributed by atoms with Gasteiger partial charge in [-0.2, -0.15) is 0 Å². The van der Waals surface area contributed by atoms with E-state index in [0.717, 1.165) is 16.9 Å². The number of nitrogens with one attached hydrogen (secondary N) is 1. The van der Waals surface area contributed by atoms with Gasteiger partial charge in [0.2, 0.25) is 11.8 Å². The molecule has 2 amide bonds. The highest BCUT2D eigenvalue weighted by molar-refractivity contribution is 6.03. The molecule has 2 aromatic carbocycles. The molecule has 2 aromatic rings. The number of carbonyl (C=O) groups excluding carboxylic acids is 2. The molecule has 1 heterocycles. The third-order valence-electron chi connectivity index (χ3n) is 4.75. The fourth-order valence-electron chi connectivity index (χ4n) is 3.18. The minimum Gasteiger partial charge on any atom is -0.326 e. The molecule has 1 fully saturated rings. The molecule has 1 aliphatic rings. The maximum Gasteiger partial charge on any atom is 0.229 e. The third-order valence-corrected chi connectivity index (χ3v) is 4.75. The Labute approximate surface area is 148 Å². The summed E-state index contributed by atoms with van der Waals surface area (Å²) in [4.78, 5) is 26.6. The molecule has 1 aliphatic heterocycles. The molecule has 1 unspecified atom stereocenters. The number of hydrogen-bond donors (Lipinski definition) is 1. The second kappa shape index (κ2) is 7.09. The normalized spacial score (nSPS) is 17.2. The predicted molar refractivity (Wildman–Crippen MR) is 101 cm³/mol. The molecule has 1 N–H and O–H groups in total. The van der Waals surface area contributed by atoms with E-state index in [1.165, 1.54) is 5.56 Å². The van der Waals surface area contributed by atoms with Crippen LogP contribution in [0.3, 0.4) is 0 Å². The molecular weight excluding hydrogens is 312 g/mol. The molecule has 0 radical (unpaired) electrons. The van der Waals surface area contributed by atoms with Gasteiger partial charge < -0.3 is 10.2 Å². The lowest BCUT2D eigenvalue weighted by molar-refractivity contribution is -0.122. The number of carbonyl (C=O) groups is 2. The Balaban J connectivity index is 1.67. The van der Waals surface area contributed by atoms with E-state index in [9.17, 15) is 9.59 Å². The zero-order valence-corrected chi connectivity index (χ0v) is 15.0. The molecule has 0 saturated carbocycles. The second-order valence-corrected chi connectivity index (χ2v) is 6.96. The highest BCUT2D eigenvalue weighted by Crippen LogP contribution is 2.28. The van der Waals surface area contributed by atoms with Crippen molar-refractivity contribution in [2.75, 3.05) is 16.8 Å². The average Bonchev–Trinajstić information content (AvgIpc) is 2.97. The molecule has 0 aliphatic carbocycles. The molecular formula is C21H24N2O2. The van der Waals surface area contributed by atoms with E-state index >= 15 is 0 Å². The van der Waals surface area contributed by atoms with Crippen LogP contribution in [-0.4, -0.2) is 18.4 Å². The lowest BCUT2D eigenvalue weighted by atomic mass is 10.0. The Morgan fingerprint density at radius 1 is 1.12 bits per heavy atom. The van der Waals surface area contributed by atoms with Crippen molar-refractivity contribution in [2.45, 2.75) is 33.1 Å². The number of benzene rings is 2. The summed E-state index contributed by atoms with van der Waals surface area (Å²) in [5.74, 6) is 0.0445. The van der Waals surface area contributed by atoms with Crippen LogP contribution in [0.15, 0.2) is 48.5 Å². The van der Waals surface area contributed by atoms with Gasteiger partial charge in [-0.05, 0) is 42.2 Å². The maximum atomic E-state index is 12.6. The monoisotopic (exact) mass is 336 g/mol. The zero-order valence-electron chi connectivity index (χ0n) is 15.0. The van der Waals surface area contributed by atoms with Gasteiger partial charge in [0.15, 0.2) is 0 Å². The summed E-state index contributed by atoms with van der Waals surface area (Å²) in [5.41, 5.74) is 3.95. The van der Waals surface area contributed by atoms with Gasteiger partial charge in [-0.1, -0.05) is 44.2 Å². The number of aryl methyl sites for hydroxylation is 1. The van der Waals surface area contributed by atoms with Gasteiger partial charge in [0, 0.05) is 24.3 Å². The minimum atomic E-state index is -0.322. The third kappa shape index (κ3) is 3.73. The van der Waals surface area contributed by atoms with Crippen molar-refractivity contribution in [3.8, 4) is 0 Å². The largest absolute Gasteiger partial charge is 0.326 e. The highest BCUT2D eigenvalue weighted by atomic mass is 16.2. The minimum absolute atomic E-state index is 0.00426. The SMILES string of the molecule is Cc1ccccc1N1CC(C(=O)Nc2ccc(C(C)C)cc2)CC1=O. The van der Waals surface area contributed by atoms with Crippen molar-refractivity contribution >= 4 is 23.2 Å². The van der Waals surface area contributed by atoms with Crippen LogP contribution in [0.2, 0.25) is 0 Å². The quantitative estimate of drug-likeness (QED) is 0.913. The van der Waals surface area contributed by atoms with Crippen LogP contribution in [-0.2, 0) is 9.59 Å². The summed E-state index contributed by atoms with van der Waals surface area (Å²) >= 11 is 0. The topological polar surface area (TPSA) is 49.4 Å². The second-order valence-electron chi connectivity index (χ2n) is 6.96. The number of amides is 2. The molecule has 0 spiro atoms. The molecule has 130 valence electrons. The van der Waals surface area contributed by atoms with Crippen LogP contribution < -0.4 is 10.2 Å². The summed E-state index contributed by atoms with van der Waals surface area (Å²) in [6, 6.07) is 15.7. The van der Waals surface area contributed by atoms with Crippen LogP contribution in [0.5, 0.6) is 0 Å². The first kappa shape index (κ1) is 17.2. The summed E-state index contributed by atoms with van der Waals surface area (Å²) in [6.07, 6.45) is 0.254. The van der Waals surface area contributed by atoms with Gasteiger partial charge in [-0.3, -0.25) is 9.59 Å². The summed E-state index contributed by atoms with van der Waals surface area (Å²) in [7, 11) is 0. The predicted octanol–water partition coefficient (Wildman–Crippen LogP) is 4.11. The number of nitrogens with zero attached hydrogens (tertiary/aromatic N) is 1. The van der Waals surface area contributed by atoms with Crippen molar-refractivity contribution in [1.29, 1.82) is 0 Å². The molecule has 25 heavy (non-hydrogen) atoms. The molecule has 3 rings (SSSR count). The van der Waals surface area contributed by atoms with E-state index in [4.69, 9.17) is 0 Å². The van der Waals surface area contributed by atoms with E-state index in [1.807, 2.05) is 55.5 Å². The van der Waals surface area contributed by atoms with Gasteiger partial charge in [0.25, 0.3) is 0 Å². The van der Waals surface area contributed by atoms with E-state index in [0.29, 0.717) is 12.5 Å².